The molecule has 20 heavy (non-hydrogen) atoms. The lowest BCUT2D eigenvalue weighted by molar-refractivity contribution is -0.0841. The summed E-state index contributed by atoms with van der Waals surface area (Å²) in [5.41, 5.74) is 3.28. The predicted molar refractivity (Wildman–Crippen MR) is 77.8 cm³/mol. The fourth-order valence-electron chi connectivity index (χ4n) is 3.08. The summed E-state index contributed by atoms with van der Waals surface area (Å²) in [4.78, 5) is 4.22. The Morgan fingerprint density at radius 2 is 2.10 bits per heavy atom. The second kappa shape index (κ2) is 4.04. The number of ether oxygens (including phenoxy) is 1. The van der Waals surface area contributed by atoms with Gasteiger partial charge in [0.1, 0.15) is 0 Å². The number of aliphatic hydroxyl groups excluding tert-OH is 1. The SMILES string of the molecule is Cn1c2ccncc2c2ccc(C3(CO)COC3)cc21. The first kappa shape index (κ1) is 11.9. The first-order chi connectivity index (χ1) is 9.75. The molecule has 1 N–H and O–H groups in total. The van der Waals surface area contributed by atoms with Gasteiger partial charge in [-0.25, -0.2) is 0 Å². The van der Waals surface area contributed by atoms with Crippen LogP contribution in [0.5, 0.6) is 0 Å². The van der Waals surface area contributed by atoms with E-state index < -0.39 is 0 Å². The van der Waals surface area contributed by atoms with Crippen LogP contribution in [0.4, 0.5) is 0 Å². The van der Waals surface area contributed by atoms with Crippen LogP contribution < -0.4 is 0 Å². The van der Waals surface area contributed by atoms with E-state index in [1.165, 1.54) is 21.8 Å². The molecule has 0 amide bonds. The fourth-order valence-corrected chi connectivity index (χ4v) is 3.08. The number of pyridine rings is 1. The zero-order valence-electron chi connectivity index (χ0n) is 11.3. The quantitative estimate of drug-likeness (QED) is 0.773. The van der Waals surface area contributed by atoms with Crippen LogP contribution in [0.3, 0.4) is 0 Å². The zero-order chi connectivity index (χ0) is 13.7. The lowest BCUT2D eigenvalue weighted by atomic mass is 9.79. The second-order valence-corrected chi connectivity index (χ2v) is 5.62. The minimum absolute atomic E-state index is 0.129. The third-order valence-corrected chi connectivity index (χ3v) is 4.48. The molecule has 1 aromatic carbocycles. The van der Waals surface area contributed by atoms with Crippen molar-refractivity contribution in [3.8, 4) is 0 Å². The zero-order valence-corrected chi connectivity index (χ0v) is 11.3. The van der Waals surface area contributed by atoms with Gasteiger partial charge in [-0.1, -0.05) is 12.1 Å². The van der Waals surface area contributed by atoms with Crippen molar-refractivity contribution in [3.63, 3.8) is 0 Å². The third-order valence-electron chi connectivity index (χ3n) is 4.48. The van der Waals surface area contributed by atoms with Crippen molar-refractivity contribution >= 4 is 21.8 Å². The van der Waals surface area contributed by atoms with Gasteiger partial charge in [0, 0.05) is 35.7 Å². The molecule has 0 spiro atoms. The van der Waals surface area contributed by atoms with Crippen LogP contribution in [0, 0.1) is 0 Å². The lowest BCUT2D eigenvalue weighted by Crippen LogP contribution is -2.49. The molecule has 0 bridgehead atoms. The van der Waals surface area contributed by atoms with Gasteiger partial charge in [0.2, 0.25) is 0 Å². The summed E-state index contributed by atoms with van der Waals surface area (Å²) in [5.74, 6) is 0. The molecule has 102 valence electrons. The molecule has 4 nitrogen and oxygen atoms in total. The average Bonchev–Trinajstić information content (AvgIpc) is 2.73. The standard InChI is InChI=1S/C16H16N2O2/c1-18-14-4-5-17-7-13(14)12-3-2-11(6-15(12)18)16(8-19)9-20-10-16/h2-7,19H,8-10H2,1H3. The molecule has 1 aliphatic rings. The molecular formula is C16H16N2O2. The highest BCUT2D eigenvalue weighted by Gasteiger charge is 2.40. The highest BCUT2D eigenvalue weighted by atomic mass is 16.5. The number of hydrogen-bond acceptors (Lipinski definition) is 3. The van der Waals surface area contributed by atoms with Crippen molar-refractivity contribution in [3.05, 3.63) is 42.2 Å². The molecule has 1 aliphatic heterocycles. The van der Waals surface area contributed by atoms with E-state index >= 15 is 0 Å². The molecule has 3 heterocycles. The molecule has 0 unspecified atom stereocenters. The summed E-state index contributed by atoms with van der Waals surface area (Å²) >= 11 is 0. The summed E-state index contributed by atoms with van der Waals surface area (Å²) in [5, 5.41) is 12.0. The van der Waals surface area contributed by atoms with E-state index in [1.807, 2.05) is 18.5 Å². The number of aryl methyl sites for hydroxylation is 1. The number of rotatable bonds is 2. The van der Waals surface area contributed by atoms with Crippen LogP contribution in [0.15, 0.2) is 36.7 Å². The van der Waals surface area contributed by atoms with Gasteiger partial charge in [0.05, 0.1) is 30.8 Å². The minimum Gasteiger partial charge on any atom is -0.395 e. The van der Waals surface area contributed by atoms with Crippen molar-refractivity contribution in [1.82, 2.24) is 9.55 Å². The molecule has 3 aromatic rings. The molecule has 0 atom stereocenters. The summed E-state index contributed by atoms with van der Waals surface area (Å²) in [6.07, 6.45) is 3.72. The Labute approximate surface area is 116 Å². The number of hydrogen-bond donors (Lipinski definition) is 1. The van der Waals surface area contributed by atoms with Crippen LogP contribution in [-0.4, -0.2) is 34.5 Å². The van der Waals surface area contributed by atoms with Crippen LogP contribution in [0.1, 0.15) is 5.56 Å². The average molecular weight is 268 g/mol. The Morgan fingerprint density at radius 3 is 2.80 bits per heavy atom. The number of nitrogens with zero attached hydrogens (tertiary/aromatic N) is 2. The van der Waals surface area contributed by atoms with Gasteiger partial charge in [-0.3, -0.25) is 4.98 Å². The normalized spacial score (nSPS) is 17.5. The number of benzene rings is 1. The maximum absolute atomic E-state index is 9.67. The molecule has 0 aliphatic carbocycles. The lowest BCUT2D eigenvalue weighted by Gasteiger charge is -2.40. The van der Waals surface area contributed by atoms with Gasteiger partial charge in [-0.2, -0.15) is 0 Å². The molecule has 0 saturated carbocycles. The summed E-state index contributed by atoms with van der Waals surface area (Å²) < 4.78 is 7.49. The van der Waals surface area contributed by atoms with Gasteiger partial charge in [-0.15, -0.1) is 0 Å². The fraction of sp³-hybridized carbons (Fsp3) is 0.312. The first-order valence-electron chi connectivity index (χ1n) is 6.76. The molecular weight excluding hydrogens is 252 g/mol. The maximum Gasteiger partial charge on any atom is 0.0652 e. The summed E-state index contributed by atoms with van der Waals surface area (Å²) in [6.45, 7) is 1.32. The van der Waals surface area contributed by atoms with Crippen molar-refractivity contribution < 1.29 is 9.84 Å². The molecule has 2 aromatic heterocycles. The highest BCUT2D eigenvalue weighted by Crippen LogP contribution is 2.35. The van der Waals surface area contributed by atoms with Crippen LogP contribution >= 0.6 is 0 Å². The van der Waals surface area contributed by atoms with Gasteiger partial charge < -0.3 is 14.4 Å². The van der Waals surface area contributed by atoms with E-state index in [2.05, 4.69) is 34.8 Å². The van der Waals surface area contributed by atoms with Crippen molar-refractivity contribution in [1.29, 1.82) is 0 Å². The highest BCUT2D eigenvalue weighted by molar-refractivity contribution is 6.07. The Bertz CT molecular complexity index is 797. The van der Waals surface area contributed by atoms with Gasteiger partial charge in [-0.05, 0) is 17.7 Å². The smallest absolute Gasteiger partial charge is 0.0652 e. The van der Waals surface area contributed by atoms with E-state index in [4.69, 9.17) is 4.74 Å². The Hall–Kier alpha value is -1.91. The van der Waals surface area contributed by atoms with E-state index in [1.54, 1.807) is 0 Å². The van der Waals surface area contributed by atoms with E-state index in [0.717, 1.165) is 5.56 Å². The first-order valence-corrected chi connectivity index (χ1v) is 6.76. The molecule has 4 heteroatoms. The van der Waals surface area contributed by atoms with Gasteiger partial charge in [0.15, 0.2) is 0 Å². The molecule has 0 radical (unpaired) electrons. The Morgan fingerprint density at radius 1 is 1.25 bits per heavy atom. The maximum atomic E-state index is 9.67. The number of aliphatic hydroxyl groups is 1. The third kappa shape index (κ3) is 1.40. The summed E-state index contributed by atoms with van der Waals surface area (Å²) in [6, 6.07) is 8.44. The van der Waals surface area contributed by atoms with Crippen LogP contribution in [0.25, 0.3) is 21.8 Å². The van der Waals surface area contributed by atoms with E-state index in [0.29, 0.717) is 13.2 Å². The second-order valence-electron chi connectivity index (χ2n) is 5.62. The van der Waals surface area contributed by atoms with Crippen molar-refractivity contribution in [2.45, 2.75) is 5.41 Å². The Kier molecular flexibility index (Phi) is 2.40. The minimum atomic E-state index is -0.219. The molecule has 4 rings (SSSR count). The van der Waals surface area contributed by atoms with Gasteiger partial charge >= 0.3 is 0 Å². The van der Waals surface area contributed by atoms with Crippen molar-refractivity contribution in [2.75, 3.05) is 19.8 Å². The topological polar surface area (TPSA) is 47.3 Å². The molecule has 1 saturated heterocycles. The van der Waals surface area contributed by atoms with Gasteiger partial charge in [0.25, 0.3) is 0 Å². The largest absolute Gasteiger partial charge is 0.395 e. The van der Waals surface area contributed by atoms with Crippen LogP contribution in [0.2, 0.25) is 0 Å². The van der Waals surface area contributed by atoms with Crippen molar-refractivity contribution in [2.24, 2.45) is 7.05 Å². The number of aromatic nitrogens is 2. The molecule has 1 fully saturated rings. The number of fused-ring (bicyclic) bond motifs is 3. The predicted octanol–water partition coefficient (Wildman–Crippen LogP) is 1.99. The van der Waals surface area contributed by atoms with E-state index in [-0.39, 0.29) is 12.0 Å². The Balaban J connectivity index is 2.00. The summed E-state index contributed by atoms with van der Waals surface area (Å²) in [7, 11) is 2.07. The van der Waals surface area contributed by atoms with E-state index in [9.17, 15) is 5.11 Å². The van der Waals surface area contributed by atoms with Crippen LogP contribution in [-0.2, 0) is 17.2 Å². The monoisotopic (exact) mass is 268 g/mol.